The number of halogens is 2. The largest absolute Gasteiger partial charge is 1.00 e. The third-order valence-corrected chi connectivity index (χ3v) is 9.61. The molecule has 0 heterocycles. The summed E-state index contributed by atoms with van der Waals surface area (Å²) < 4.78 is 3.57. The number of fused-ring (bicyclic) bond motifs is 4. The van der Waals surface area contributed by atoms with Crippen LogP contribution < -0.4 is 24.8 Å². The predicted octanol–water partition coefficient (Wildman–Crippen LogP) is -0.751. The van der Waals surface area contributed by atoms with Crippen molar-refractivity contribution in [2.45, 2.75) is 51.4 Å². The predicted molar refractivity (Wildman–Crippen MR) is 100 cm³/mol. The Hall–Kier alpha value is -0.617. The monoisotopic (exact) mass is 470 g/mol. The smallest absolute Gasteiger partial charge is 1.00 e. The van der Waals surface area contributed by atoms with Crippen LogP contribution in [0.3, 0.4) is 0 Å². The molecule has 2 aromatic rings. The average molecular weight is 473 g/mol. The van der Waals surface area contributed by atoms with Crippen LogP contribution in [0.15, 0.2) is 30.8 Å². The molecule has 0 saturated carbocycles. The molecular weight excluding hydrogens is 450 g/mol. The van der Waals surface area contributed by atoms with Gasteiger partial charge in [-0.05, 0) is 0 Å². The van der Waals surface area contributed by atoms with Gasteiger partial charge in [-0.15, -0.1) is 0 Å². The normalized spacial score (nSPS) is 17.6. The van der Waals surface area contributed by atoms with Gasteiger partial charge in [0.25, 0.3) is 0 Å². The molecule has 0 spiro atoms. The number of hydrogen-bond donors (Lipinski definition) is 0. The summed E-state index contributed by atoms with van der Waals surface area (Å²) in [6, 6.07) is 10.1. The molecule has 0 nitrogen and oxygen atoms in total. The molecule has 0 aliphatic heterocycles. The second-order valence-corrected chi connectivity index (χ2v) is 11.9. The third-order valence-electron chi connectivity index (χ3n) is 6.45. The molecule has 0 radical (unpaired) electrons. The fraction of sp³-hybridized carbons (Fsp3) is 0.333. The van der Waals surface area contributed by atoms with Crippen LogP contribution in [0.25, 0.3) is 12.2 Å². The molecule has 3 heteroatoms. The maximum Gasteiger partial charge on any atom is -1.00 e. The van der Waals surface area contributed by atoms with Crippen molar-refractivity contribution in [1.29, 1.82) is 0 Å². The van der Waals surface area contributed by atoms with Crippen molar-refractivity contribution >= 4 is 12.2 Å². The molecule has 2 aromatic carbocycles. The van der Waals surface area contributed by atoms with Crippen LogP contribution in [0.1, 0.15) is 57.3 Å². The van der Waals surface area contributed by atoms with Crippen molar-refractivity contribution in [2.75, 3.05) is 0 Å². The standard InChI is InChI=1S/2C12H11.2ClH.Zr/c2*1-3-9-7-11-5-2-6-12(11)8-10(9)4-1;;;/h2*5,7-8H,1,3-4,6H2;2*1H;/q;;;;+2/p-2. The Bertz CT molecular complexity index is 905. The first-order valence-corrected chi connectivity index (χ1v) is 12.3. The molecule has 0 fully saturated rings. The first kappa shape index (κ1) is 19.7. The summed E-state index contributed by atoms with van der Waals surface area (Å²) in [5.41, 5.74) is 12.9. The van der Waals surface area contributed by atoms with E-state index in [1.165, 1.54) is 51.4 Å². The van der Waals surface area contributed by atoms with Crippen molar-refractivity contribution < 1.29 is 48.0 Å². The number of benzene rings is 2. The molecule has 0 saturated heterocycles. The number of hydrogen-bond acceptors (Lipinski definition) is 0. The van der Waals surface area contributed by atoms with Gasteiger partial charge in [0, 0.05) is 0 Å². The summed E-state index contributed by atoms with van der Waals surface area (Å²) in [7, 11) is 0. The van der Waals surface area contributed by atoms with Crippen molar-refractivity contribution in [3.8, 4) is 0 Å². The molecule has 0 N–H and O–H groups in total. The summed E-state index contributed by atoms with van der Waals surface area (Å²) in [6.45, 7) is 0. The Labute approximate surface area is 185 Å². The van der Waals surface area contributed by atoms with Gasteiger partial charge in [-0.1, -0.05) is 0 Å². The Morgan fingerprint density at radius 2 is 0.926 bits per heavy atom. The maximum absolute atomic E-state index is 2.56. The van der Waals surface area contributed by atoms with Gasteiger partial charge in [0.05, 0.1) is 0 Å². The summed E-state index contributed by atoms with van der Waals surface area (Å²) in [5, 5.41) is 0. The molecule has 136 valence electrons. The summed E-state index contributed by atoms with van der Waals surface area (Å²) in [4.78, 5) is 0. The first-order valence-electron chi connectivity index (χ1n) is 9.79. The van der Waals surface area contributed by atoms with Gasteiger partial charge in [-0.25, -0.2) is 0 Å². The van der Waals surface area contributed by atoms with Crippen LogP contribution in [0, 0.1) is 0 Å². The third kappa shape index (κ3) is 3.45. The molecule has 0 unspecified atom stereocenters. The zero-order valence-corrected chi connectivity index (χ0v) is 19.3. The summed E-state index contributed by atoms with van der Waals surface area (Å²) in [5.74, 6) is 0. The summed E-state index contributed by atoms with van der Waals surface area (Å²) >= 11 is -0.588. The number of aryl methyl sites for hydroxylation is 4. The minimum absolute atomic E-state index is 0. The van der Waals surface area contributed by atoms with E-state index in [1.807, 2.05) is 0 Å². The van der Waals surface area contributed by atoms with Gasteiger partial charge in [0.15, 0.2) is 0 Å². The molecule has 0 atom stereocenters. The van der Waals surface area contributed by atoms with E-state index in [4.69, 9.17) is 0 Å². The Kier molecular flexibility index (Phi) is 5.59. The van der Waals surface area contributed by atoms with E-state index >= 15 is 0 Å². The van der Waals surface area contributed by atoms with Crippen LogP contribution in [0.5, 0.6) is 0 Å². The molecule has 27 heavy (non-hydrogen) atoms. The van der Waals surface area contributed by atoms with E-state index in [0.29, 0.717) is 0 Å². The fourth-order valence-corrected chi connectivity index (χ4v) is 8.72. The van der Waals surface area contributed by atoms with Crippen LogP contribution in [-0.4, -0.2) is 0 Å². The Balaban J connectivity index is 0.000000900. The maximum atomic E-state index is 2.56. The fourth-order valence-electron chi connectivity index (χ4n) is 5.22. The number of allylic oxidation sites excluding steroid dienone is 2. The van der Waals surface area contributed by atoms with Gasteiger partial charge in [0.2, 0.25) is 0 Å². The minimum Gasteiger partial charge on any atom is -1.00 e. The van der Waals surface area contributed by atoms with Gasteiger partial charge in [-0.2, -0.15) is 0 Å². The van der Waals surface area contributed by atoms with Crippen LogP contribution in [-0.2, 0) is 61.8 Å². The minimum atomic E-state index is -0.588. The SMILES string of the molecule is C1=[C]([Zr+2][C]2=Cc3cc4c(cc3C2)CCC4)Cc2cc3c(cc21)CCC3.[Cl-].[Cl-]. The molecule has 6 rings (SSSR count). The molecule has 0 aromatic heterocycles. The van der Waals surface area contributed by atoms with Crippen molar-refractivity contribution in [3.05, 3.63) is 75.3 Å². The molecule has 4 aliphatic carbocycles. The second-order valence-electron chi connectivity index (χ2n) is 8.16. The number of rotatable bonds is 2. The second kappa shape index (κ2) is 7.66. The zero-order valence-electron chi connectivity index (χ0n) is 15.4. The molecule has 4 aliphatic rings. The van der Waals surface area contributed by atoms with Gasteiger partial charge in [-0.3, -0.25) is 0 Å². The molecule has 0 amide bonds. The van der Waals surface area contributed by atoms with Crippen molar-refractivity contribution in [3.63, 3.8) is 0 Å². The molecular formula is C24H22Cl2Zr. The van der Waals surface area contributed by atoms with Crippen LogP contribution in [0.4, 0.5) is 0 Å². The zero-order chi connectivity index (χ0) is 16.4. The van der Waals surface area contributed by atoms with E-state index in [1.54, 1.807) is 51.1 Å². The summed E-state index contributed by atoms with van der Waals surface area (Å²) in [6.07, 6.45) is 15.6. The molecule has 0 bridgehead atoms. The van der Waals surface area contributed by atoms with Crippen LogP contribution in [0.2, 0.25) is 0 Å². The quantitative estimate of drug-likeness (QED) is 0.540. The van der Waals surface area contributed by atoms with Crippen molar-refractivity contribution in [2.24, 2.45) is 0 Å². The van der Waals surface area contributed by atoms with Gasteiger partial charge >= 0.3 is 162 Å². The van der Waals surface area contributed by atoms with Gasteiger partial charge < -0.3 is 24.8 Å². The van der Waals surface area contributed by atoms with E-state index in [2.05, 4.69) is 36.4 Å². The topological polar surface area (TPSA) is 0 Å². The first-order chi connectivity index (χ1) is 12.3. The van der Waals surface area contributed by atoms with E-state index in [9.17, 15) is 0 Å². The van der Waals surface area contributed by atoms with E-state index in [0.717, 1.165) is 0 Å². The Morgan fingerprint density at radius 1 is 0.519 bits per heavy atom. The van der Waals surface area contributed by atoms with E-state index in [-0.39, 0.29) is 24.8 Å². The van der Waals surface area contributed by atoms with Crippen molar-refractivity contribution in [1.82, 2.24) is 0 Å². The average Bonchev–Trinajstić information content (AvgIpc) is 3.34. The Morgan fingerprint density at radius 3 is 1.37 bits per heavy atom. The van der Waals surface area contributed by atoms with Gasteiger partial charge in [0.1, 0.15) is 0 Å². The van der Waals surface area contributed by atoms with Crippen LogP contribution >= 0.6 is 0 Å². The van der Waals surface area contributed by atoms with E-state index < -0.39 is 23.2 Å².